The van der Waals surface area contributed by atoms with Crippen LogP contribution >= 0.6 is 0 Å². The zero-order valence-electron chi connectivity index (χ0n) is 17.4. The van der Waals surface area contributed by atoms with Gasteiger partial charge in [-0.1, -0.05) is 54.6 Å². The quantitative estimate of drug-likeness (QED) is 0.250. The number of hydrogen-bond acceptors (Lipinski definition) is 4. The first-order valence-electron chi connectivity index (χ1n) is 9.93. The van der Waals surface area contributed by atoms with Crippen LogP contribution in [0.2, 0.25) is 0 Å². The van der Waals surface area contributed by atoms with Gasteiger partial charge in [0.2, 0.25) is 0 Å². The van der Waals surface area contributed by atoms with Crippen LogP contribution in [0.1, 0.15) is 46.3 Å². The van der Waals surface area contributed by atoms with E-state index in [0.29, 0.717) is 12.2 Å². The average Bonchev–Trinajstić information content (AvgIpc) is 3.04. The Morgan fingerprint density at radius 1 is 0.966 bits per heavy atom. The SMILES string of the molecule is COCOCc1oc(CCCc2ccccc2)c(-c2ccc(C(C)=O)cc2)c1C. The summed E-state index contributed by atoms with van der Waals surface area (Å²) in [5.74, 6) is 1.85. The lowest BCUT2D eigenvalue weighted by Crippen LogP contribution is -1.97. The molecule has 0 amide bonds. The first-order valence-corrected chi connectivity index (χ1v) is 9.93. The van der Waals surface area contributed by atoms with E-state index in [1.165, 1.54) is 5.56 Å². The molecule has 4 nitrogen and oxygen atoms in total. The Bertz CT molecular complexity index is 923. The van der Waals surface area contributed by atoms with Crippen LogP contribution in [0, 0.1) is 6.92 Å². The number of benzene rings is 2. The van der Waals surface area contributed by atoms with Gasteiger partial charge in [0.1, 0.15) is 24.9 Å². The van der Waals surface area contributed by atoms with Crippen LogP contribution in [0.3, 0.4) is 0 Å². The maximum atomic E-state index is 11.6. The van der Waals surface area contributed by atoms with E-state index in [1.807, 2.05) is 30.3 Å². The molecule has 0 saturated heterocycles. The fourth-order valence-corrected chi connectivity index (χ4v) is 3.50. The molecule has 1 aromatic heterocycles. The highest BCUT2D eigenvalue weighted by Gasteiger charge is 2.19. The Hall–Kier alpha value is -2.69. The summed E-state index contributed by atoms with van der Waals surface area (Å²) in [4.78, 5) is 11.6. The van der Waals surface area contributed by atoms with Crippen LogP contribution in [0.15, 0.2) is 59.0 Å². The number of methoxy groups -OCH3 is 1. The summed E-state index contributed by atoms with van der Waals surface area (Å²) in [6, 6.07) is 18.2. The minimum atomic E-state index is 0.0669. The van der Waals surface area contributed by atoms with Gasteiger partial charge in [-0.15, -0.1) is 0 Å². The van der Waals surface area contributed by atoms with Crippen molar-refractivity contribution in [3.05, 3.63) is 82.8 Å². The van der Waals surface area contributed by atoms with Crippen molar-refractivity contribution in [3.63, 3.8) is 0 Å². The summed E-state index contributed by atoms with van der Waals surface area (Å²) >= 11 is 0. The van der Waals surface area contributed by atoms with Crippen LogP contribution in [-0.2, 0) is 28.9 Å². The third kappa shape index (κ3) is 5.43. The molecule has 29 heavy (non-hydrogen) atoms. The summed E-state index contributed by atoms with van der Waals surface area (Å²) < 4.78 is 16.7. The first-order chi connectivity index (χ1) is 14.1. The van der Waals surface area contributed by atoms with Crippen LogP contribution in [0.4, 0.5) is 0 Å². The molecule has 2 aromatic carbocycles. The molecular weight excluding hydrogens is 364 g/mol. The molecule has 0 fully saturated rings. The number of carbonyl (C=O) groups excluding carboxylic acids is 1. The number of aryl methyl sites for hydroxylation is 2. The molecule has 0 spiro atoms. The van der Waals surface area contributed by atoms with Crippen LogP contribution in [0.5, 0.6) is 0 Å². The highest BCUT2D eigenvalue weighted by molar-refractivity contribution is 5.94. The number of hydrogen-bond donors (Lipinski definition) is 0. The first kappa shape index (κ1) is 21.0. The lowest BCUT2D eigenvalue weighted by Gasteiger charge is -2.06. The van der Waals surface area contributed by atoms with Crippen LogP contribution < -0.4 is 0 Å². The van der Waals surface area contributed by atoms with E-state index in [1.54, 1.807) is 14.0 Å². The van der Waals surface area contributed by atoms with Crippen LogP contribution in [-0.4, -0.2) is 19.7 Å². The summed E-state index contributed by atoms with van der Waals surface area (Å²) in [7, 11) is 1.60. The number of ether oxygens (including phenoxy) is 2. The third-order valence-corrected chi connectivity index (χ3v) is 5.05. The van der Waals surface area contributed by atoms with Gasteiger partial charge in [0, 0.05) is 30.2 Å². The van der Waals surface area contributed by atoms with Gasteiger partial charge in [-0.3, -0.25) is 4.79 Å². The number of Topliss-reactive ketones (excluding diaryl/α,β-unsaturated/α-hetero) is 1. The highest BCUT2D eigenvalue weighted by atomic mass is 16.7. The van der Waals surface area contributed by atoms with Crippen molar-refractivity contribution in [2.24, 2.45) is 0 Å². The summed E-state index contributed by atoms with van der Waals surface area (Å²) in [5, 5.41) is 0. The Balaban J connectivity index is 1.84. The van der Waals surface area contributed by atoms with Crippen molar-refractivity contribution < 1.29 is 18.7 Å². The van der Waals surface area contributed by atoms with Crippen molar-refractivity contribution in [1.82, 2.24) is 0 Å². The molecule has 0 saturated carbocycles. The van der Waals surface area contributed by atoms with E-state index in [4.69, 9.17) is 13.9 Å². The Morgan fingerprint density at radius 3 is 2.34 bits per heavy atom. The fourth-order valence-electron chi connectivity index (χ4n) is 3.50. The van der Waals surface area contributed by atoms with Gasteiger partial charge in [-0.2, -0.15) is 0 Å². The van der Waals surface area contributed by atoms with E-state index < -0.39 is 0 Å². The molecule has 152 valence electrons. The van der Waals surface area contributed by atoms with Crippen molar-refractivity contribution in [1.29, 1.82) is 0 Å². The van der Waals surface area contributed by atoms with Gasteiger partial charge in [0.05, 0.1) is 0 Å². The van der Waals surface area contributed by atoms with E-state index in [0.717, 1.165) is 47.5 Å². The largest absolute Gasteiger partial charge is 0.463 e. The number of furan rings is 1. The van der Waals surface area contributed by atoms with Crippen molar-refractivity contribution >= 4 is 5.78 Å². The Morgan fingerprint density at radius 2 is 1.69 bits per heavy atom. The van der Waals surface area contributed by atoms with Crippen LogP contribution in [0.25, 0.3) is 11.1 Å². The smallest absolute Gasteiger partial charge is 0.159 e. The van der Waals surface area contributed by atoms with E-state index >= 15 is 0 Å². The van der Waals surface area contributed by atoms with E-state index in [2.05, 4.69) is 31.2 Å². The zero-order chi connectivity index (χ0) is 20.6. The second kappa shape index (κ2) is 10.2. The average molecular weight is 392 g/mol. The normalized spacial score (nSPS) is 11.0. The third-order valence-electron chi connectivity index (χ3n) is 5.05. The molecule has 0 aliphatic heterocycles. The molecule has 0 atom stereocenters. The lowest BCUT2D eigenvalue weighted by molar-refractivity contribution is -0.0444. The van der Waals surface area contributed by atoms with E-state index in [-0.39, 0.29) is 12.6 Å². The number of ketones is 1. The highest BCUT2D eigenvalue weighted by Crippen LogP contribution is 2.34. The van der Waals surface area contributed by atoms with E-state index in [9.17, 15) is 4.79 Å². The minimum absolute atomic E-state index is 0.0669. The summed E-state index contributed by atoms with van der Waals surface area (Å²) in [6.45, 7) is 4.24. The maximum Gasteiger partial charge on any atom is 0.159 e. The molecule has 3 rings (SSSR count). The van der Waals surface area contributed by atoms with Gasteiger partial charge in [0.15, 0.2) is 5.78 Å². The van der Waals surface area contributed by atoms with Crippen molar-refractivity contribution in [2.45, 2.75) is 39.7 Å². The summed E-state index contributed by atoms with van der Waals surface area (Å²) in [5.41, 5.74) is 5.27. The lowest BCUT2D eigenvalue weighted by atomic mass is 9.97. The molecule has 4 heteroatoms. The molecule has 0 bridgehead atoms. The predicted octanol–water partition coefficient (Wildman–Crippen LogP) is 5.75. The van der Waals surface area contributed by atoms with Gasteiger partial charge in [0.25, 0.3) is 0 Å². The maximum absolute atomic E-state index is 11.6. The number of carbonyl (C=O) groups is 1. The molecule has 0 aliphatic carbocycles. The molecule has 0 aliphatic rings. The minimum Gasteiger partial charge on any atom is -0.463 e. The van der Waals surface area contributed by atoms with Gasteiger partial charge in [-0.05, 0) is 37.8 Å². The van der Waals surface area contributed by atoms with Gasteiger partial charge in [-0.25, -0.2) is 0 Å². The fraction of sp³-hybridized carbons (Fsp3) is 0.320. The van der Waals surface area contributed by atoms with Crippen molar-refractivity contribution in [2.75, 3.05) is 13.9 Å². The second-order valence-electron chi connectivity index (χ2n) is 7.18. The van der Waals surface area contributed by atoms with Gasteiger partial charge < -0.3 is 13.9 Å². The molecule has 1 heterocycles. The number of rotatable bonds is 10. The molecule has 0 radical (unpaired) electrons. The molecule has 0 N–H and O–H groups in total. The molecular formula is C25H28O4. The Labute approximate surface area is 172 Å². The van der Waals surface area contributed by atoms with Crippen molar-refractivity contribution in [3.8, 4) is 11.1 Å². The predicted molar refractivity (Wildman–Crippen MR) is 114 cm³/mol. The zero-order valence-corrected chi connectivity index (χ0v) is 17.4. The monoisotopic (exact) mass is 392 g/mol. The summed E-state index contributed by atoms with van der Waals surface area (Å²) in [6.07, 6.45) is 2.83. The molecule has 3 aromatic rings. The molecule has 0 unspecified atom stereocenters. The standard InChI is InChI=1S/C25H28O4/c1-18-24(16-28-17-27-3)29-23(11-7-10-20-8-5-4-6-9-20)25(18)22-14-12-21(13-15-22)19(2)26/h4-6,8-9,12-15H,7,10-11,16-17H2,1-3H3. The van der Waals surface area contributed by atoms with Gasteiger partial charge >= 0.3 is 0 Å². The topological polar surface area (TPSA) is 48.7 Å². The second-order valence-corrected chi connectivity index (χ2v) is 7.18. The Kier molecular flexibility index (Phi) is 7.39.